The van der Waals surface area contributed by atoms with Crippen molar-refractivity contribution in [2.45, 2.75) is 26.0 Å². The zero-order chi connectivity index (χ0) is 19.2. The Bertz CT molecular complexity index is 919. The summed E-state index contributed by atoms with van der Waals surface area (Å²) in [6.07, 6.45) is 1.64. The van der Waals surface area contributed by atoms with Crippen LogP contribution >= 0.6 is 0 Å². The summed E-state index contributed by atoms with van der Waals surface area (Å²) in [7, 11) is 0. The molecule has 0 bridgehead atoms. The predicted molar refractivity (Wildman–Crippen MR) is 107 cm³/mol. The van der Waals surface area contributed by atoms with E-state index >= 15 is 0 Å². The number of fused-ring (bicyclic) bond motifs is 1. The lowest BCUT2D eigenvalue weighted by Crippen LogP contribution is -2.29. The summed E-state index contributed by atoms with van der Waals surface area (Å²) in [5.41, 5.74) is 4.86. The van der Waals surface area contributed by atoms with Gasteiger partial charge >= 0.3 is 0 Å². The maximum Gasteiger partial charge on any atom is 0.272 e. The van der Waals surface area contributed by atoms with Crippen LogP contribution in [0, 0.1) is 0 Å². The molecule has 1 aromatic heterocycles. The Labute approximate surface area is 164 Å². The van der Waals surface area contributed by atoms with Gasteiger partial charge in [0.25, 0.3) is 5.91 Å². The van der Waals surface area contributed by atoms with Crippen LogP contribution in [0.4, 0.5) is 0 Å². The van der Waals surface area contributed by atoms with E-state index in [1.54, 1.807) is 0 Å². The molecular formula is C22H24N4O2. The van der Waals surface area contributed by atoms with E-state index in [0.717, 1.165) is 47.5 Å². The molecule has 3 N–H and O–H groups in total. The molecule has 6 heteroatoms. The first-order valence-corrected chi connectivity index (χ1v) is 9.60. The molecule has 1 amide bonds. The summed E-state index contributed by atoms with van der Waals surface area (Å²) in [6, 6.07) is 18.1. The lowest BCUT2D eigenvalue weighted by molar-refractivity contribution is 0.0948. The highest BCUT2D eigenvalue weighted by Gasteiger charge is 2.21. The number of benzene rings is 2. The molecule has 0 atom stereocenters. The topological polar surface area (TPSA) is 79.0 Å². The van der Waals surface area contributed by atoms with E-state index in [2.05, 4.69) is 20.8 Å². The molecule has 28 heavy (non-hydrogen) atoms. The number of H-pyrrole nitrogens is 1. The molecule has 0 radical (unpaired) electrons. The molecule has 0 aliphatic carbocycles. The van der Waals surface area contributed by atoms with Crippen molar-refractivity contribution in [1.29, 1.82) is 0 Å². The fourth-order valence-corrected chi connectivity index (χ4v) is 3.31. The minimum Gasteiger partial charge on any atom is -0.489 e. The second kappa shape index (κ2) is 8.71. The molecule has 4 rings (SSSR count). The molecule has 3 aromatic rings. The van der Waals surface area contributed by atoms with Gasteiger partial charge in [-0.3, -0.25) is 9.89 Å². The maximum absolute atomic E-state index is 12.4. The fourth-order valence-electron chi connectivity index (χ4n) is 3.31. The third kappa shape index (κ3) is 4.40. The largest absolute Gasteiger partial charge is 0.489 e. The number of rotatable bonds is 7. The maximum atomic E-state index is 12.4. The van der Waals surface area contributed by atoms with Gasteiger partial charge in [-0.25, -0.2) is 0 Å². The average molecular weight is 376 g/mol. The van der Waals surface area contributed by atoms with Gasteiger partial charge < -0.3 is 15.4 Å². The zero-order valence-corrected chi connectivity index (χ0v) is 15.7. The first kappa shape index (κ1) is 18.3. The molecular weight excluding hydrogens is 352 g/mol. The predicted octanol–water partition coefficient (Wildman–Crippen LogP) is 2.61. The highest BCUT2D eigenvalue weighted by Crippen LogP contribution is 2.16. The number of nitrogens with zero attached hydrogens (tertiary/aromatic N) is 1. The van der Waals surface area contributed by atoms with Crippen molar-refractivity contribution in [1.82, 2.24) is 20.8 Å². The SMILES string of the molecule is O=C(NCCc1ccc(OCc2ccccc2)cc1)c1n[nH]c2c1CNCC2. The van der Waals surface area contributed by atoms with Gasteiger partial charge in [-0.15, -0.1) is 0 Å². The molecule has 0 spiro atoms. The normalized spacial score (nSPS) is 13.0. The standard InChI is InChI=1S/C22H24N4O2/c27-22(21-19-14-23-12-11-20(19)25-26-21)24-13-10-16-6-8-18(9-7-16)28-15-17-4-2-1-3-5-17/h1-9,23H,10-15H2,(H,24,27)(H,25,26). The summed E-state index contributed by atoms with van der Waals surface area (Å²) in [4.78, 5) is 12.4. The van der Waals surface area contributed by atoms with E-state index in [1.807, 2.05) is 54.6 Å². The number of nitrogens with one attached hydrogen (secondary N) is 3. The van der Waals surface area contributed by atoms with E-state index in [9.17, 15) is 4.79 Å². The fraction of sp³-hybridized carbons (Fsp3) is 0.273. The molecule has 6 nitrogen and oxygen atoms in total. The summed E-state index contributed by atoms with van der Waals surface area (Å²) in [5.74, 6) is 0.719. The average Bonchev–Trinajstić information content (AvgIpc) is 3.18. The van der Waals surface area contributed by atoms with Crippen molar-refractivity contribution >= 4 is 5.91 Å². The van der Waals surface area contributed by atoms with Crippen molar-refractivity contribution < 1.29 is 9.53 Å². The van der Waals surface area contributed by atoms with E-state index in [0.29, 0.717) is 25.4 Å². The number of hydrogen-bond acceptors (Lipinski definition) is 4. The van der Waals surface area contributed by atoms with Gasteiger partial charge in [0.05, 0.1) is 0 Å². The first-order valence-electron chi connectivity index (χ1n) is 9.60. The van der Waals surface area contributed by atoms with Crippen molar-refractivity contribution in [3.05, 3.63) is 82.7 Å². The third-order valence-electron chi connectivity index (χ3n) is 4.89. The van der Waals surface area contributed by atoms with Crippen molar-refractivity contribution in [2.24, 2.45) is 0 Å². The van der Waals surface area contributed by atoms with E-state index < -0.39 is 0 Å². The van der Waals surface area contributed by atoms with Gasteiger partial charge in [-0.05, 0) is 29.7 Å². The van der Waals surface area contributed by atoms with E-state index in [1.165, 1.54) is 0 Å². The summed E-state index contributed by atoms with van der Waals surface area (Å²) in [6.45, 7) is 2.73. The second-order valence-electron chi connectivity index (χ2n) is 6.88. The van der Waals surface area contributed by atoms with E-state index in [-0.39, 0.29) is 5.91 Å². The molecule has 1 aliphatic rings. The summed E-state index contributed by atoms with van der Waals surface area (Å²) < 4.78 is 5.80. The third-order valence-corrected chi connectivity index (χ3v) is 4.89. The van der Waals surface area contributed by atoms with Crippen LogP contribution in [-0.2, 0) is 26.0 Å². The molecule has 144 valence electrons. The quantitative estimate of drug-likeness (QED) is 0.592. The van der Waals surface area contributed by atoms with Gasteiger partial charge in [0.2, 0.25) is 0 Å². The molecule has 2 heterocycles. The summed E-state index contributed by atoms with van der Waals surface area (Å²) in [5, 5.41) is 13.4. The Morgan fingerprint density at radius 2 is 1.89 bits per heavy atom. The minimum atomic E-state index is -0.121. The lowest BCUT2D eigenvalue weighted by atomic mass is 10.1. The number of carbonyl (C=O) groups excluding carboxylic acids is 1. The highest BCUT2D eigenvalue weighted by molar-refractivity contribution is 5.94. The minimum absolute atomic E-state index is 0.121. The van der Waals surface area contributed by atoms with Crippen LogP contribution in [0.25, 0.3) is 0 Å². The molecule has 2 aromatic carbocycles. The van der Waals surface area contributed by atoms with Crippen LogP contribution in [0.5, 0.6) is 5.75 Å². The van der Waals surface area contributed by atoms with Crippen LogP contribution in [0.2, 0.25) is 0 Å². The Morgan fingerprint density at radius 1 is 1.07 bits per heavy atom. The van der Waals surface area contributed by atoms with Gasteiger partial charge in [-0.1, -0.05) is 42.5 Å². The van der Waals surface area contributed by atoms with Gasteiger partial charge in [-0.2, -0.15) is 5.10 Å². The van der Waals surface area contributed by atoms with Crippen LogP contribution in [0.15, 0.2) is 54.6 Å². The monoisotopic (exact) mass is 376 g/mol. The van der Waals surface area contributed by atoms with Crippen LogP contribution in [0.3, 0.4) is 0 Å². The number of ether oxygens (including phenoxy) is 1. The van der Waals surface area contributed by atoms with E-state index in [4.69, 9.17) is 4.74 Å². The van der Waals surface area contributed by atoms with Crippen molar-refractivity contribution in [3.8, 4) is 5.75 Å². The first-order chi connectivity index (χ1) is 13.8. The highest BCUT2D eigenvalue weighted by atomic mass is 16.5. The molecule has 0 unspecified atom stereocenters. The Kier molecular flexibility index (Phi) is 5.68. The lowest BCUT2D eigenvalue weighted by Gasteiger charge is -2.13. The molecule has 0 fully saturated rings. The van der Waals surface area contributed by atoms with Crippen molar-refractivity contribution in [2.75, 3.05) is 13.1 Å². The number of aromatic amines is 1. The smallest absolute Gasteiger partial charge is 0.272 e. The van der Waals surface area contributed by atoms with Gasteiger partial charge in [0, 0.05) is 37.3 Å². The van der Waals surface area contributed by atoms with Crippen LogP contribution < -0.4 is 15.4 Å². The van der Waals surface area contributed by atoms with Gasteiger partial charge in [0.1, 0.15) is 12.4 Å². The Hall–Kier alpha value is -3.12. The zero-order valence-electron chi connectivity index (χ0n) is 15.7. The number of hydrogen-bond donors (Lipinski definition) is 3. The van der Waals surface area contributed by atoms with Crippen LogP contribution in [-0.4, -0.2) is 29.2 Å². The number of carbonyl (C=O) groups is 1. The number of aromatic nitrogens is 2. The molecule has 0 saturated heterocycles. The second-order valence-corrected chi connectivity index (χ2v) is 6.88. The number of amides is 1. The summed E-state index contributed by atoms with van der Waals surface area (Å²) >= 11 is 0. The van der Waals surface area contributed by atoms with Crippen molar-refractivity contribution in [3.63, 3.8) is 0 Å². The molecule has 0 saturated carbocycles. The van der Waals surface area contributed by atoms with Crippen LogP contribution in [0.1, 0.15) is 32.9 Å². The van der Waals surface area contributed by atoms with Gasteiger partial charge in [0.15, 0.2) is 5.69 Å². The molecule has 1 aliphatic heterocycles. The Balaban J connectivity index is 1.25. The Morgan fingerprint density at radius 3 is 2.71 bits per heavy atom.